The van der Waals surface area contributed by atoms with Crippen LogP contribution in [0.4, 0.5) is 4.79 Å². The lowest BCUT2D eigenvalue weighted by Gasteiger charge is -2.56. The van der Waals surface area contributed by atoms with Gasteiger partial charge in [-0.2, -0.15) is 0 Å². The highest BCUT2D eigenvalue weighted by molar-refractivity contribution is 5.73. The first-order valence-electron chi connectivity index (χ1n) is 6.70. The van der Waals surface area contributed by atoms with Crippen molar-refractivity contribution in [3.8, 4) is 0 Å². The van der Waals surface area contributed by atoms with E-state index in [1.807, 2.05) is 0 Å². The molecule has 4 bridgehead atoms. The summed E-state index contributed by atoms with van der Waals surface area (Å²) in [4.78, 5) is 16.9. The summed E-state index contributed by atoms with van der Waals surface area (Å²) in [5.41, 5.74) is 0.0820. The number of urea groups is 1. The van der Waals surface area contributed by atoms with Crippen molar-refractivity contribution >= 4 is 6.03 Å². The summed E-state index contributed by atoms with van der Waals surface area (Å²) in [5.74, 6) is 2.57. The van der Waals surface area contributed by atoms with Crippen LogP contribution in [0.3, 0.4) is 0 Å². The van der Waals surface area contributed by atoms with Gasteiger partial charge < -0.3 is 5.32 Å². The Labute approximate surface area is 103 Å². The zero-order valence-electron chi connectivity index (χ0n) is 10.7. The number of hydrogen-bond donors (Lipinski definition) is 1. The van der Waals surface area contributed by atoms with Gasteiger partial charge in [-0.1, -0.05) is 0 Å². The molecule has 0 aromatic heterocycles. The molecule has 4 rings (SSSR count). The average molecular weight is 238 g/mol. The Morgan fingerprint density at radius 2 is 1.65 bits per heavy atom. The molecule has 0 radical (unpaired) electrons. The second kappa shape index (κ2) is 3.87. The van der Waals surface area contributed by atoms with Gasteiger partial charge in [0.1, 0.15) is 0 Å². The van der Waals surface area contributed by atoms with E-state index in [2.05, 4.69) is 5.32 Å². The fourth-order valence-electron chi connectivity index (χ4n) is 4.65. The fraction of sp³-hybridized carbons (Fsp3) is 0.923. The van der Waals surface area contributed by atoms with Gasteiger partial charge in [-0.25, -0.2) is 9.86 Å². The number of carbonyl (C=O) groups is 1. The third kappa shape index (κ3) is 1.92. The van der Waals surface area contributed by atoms with Crippen LogP contribution in [0.25, 0.3) is 0 Å². The summed E-state index contributed by atoms with van der Waals surface area (Å²) in [6.07, 6.45) is 7.74. The van der Waals surface area contributed by atoms with Crippen LogP contribution in [-0.2, 0) is 4.84 Å². The zero-order chi connectivity index (χ0) is 12.0. The normalized spacial score (nSPS) is 42.6. The summed E-state index contributed by atoms with van der Waals surface area (Å²) in [6, 6.07) is -0.0885. The molecule has 96 valence electrons. The Kier molecular flexibility index (Phi) is 2.58. The monoisotopic (exact) mass is 238 g/mol. The smallest absolute Gasteiger partial charge is 0.331 e. The number of nitrogens with one attached hydrogen (secondary N) is 1. The van der Waals surface area contributed by atoms with E-state index in [-0.39, 0.29) is 11.6 Å². The van der Waals surface area contributed by atoms with E-state index < -0.39 is 0 Å². The highest BCUT2D eigenvalue weighted by Gasteiger charge is 2.51. The van der Waals surface area contributed by atoms with E-state index in [1.165, 1.54) is 50.7 Å². The van der Waals surface area contributed by atoms with Gasteiger partial charge in [0.25, 0.3) is 0 Å². The third-order valence-corrected chi connectivity index (χ3v) is 4.97. The van der Waals surface area contributed by atoms with Crippen LogP contribution >= 0.6 is 0 Å². The molecule has 0 aromatic rings. The van der Waals surface area contributed by atoms with E-state index in [0.29, 0.717) is 0 Å². The molecular weight excluding hydrogens is 216 g/mol. The molecule has 4 saturated carbocycles. The first kappa shape index (κ1) is 11.3. The molecule has 4 aliphatic carbocycles. The minimum Gasteiger partial charge on any atom is -0.331 e. The molecule has 4 fully saturated rings. The minimum absolute atomic E-state index is 0.0820. The number of hydroxylamine groups is 2. The van der Waals surface area contributed by atoms with Gasteiger partial charge in [0.15, 0.2) is 0 Å². The summed E-state index contributed by atoms with van der Waals surface area (Å²) in [5, 5.41) is 4.53. The van der Waals surface area contributed by atoms with E-state index in [0.717, 1.165) is 17.8 Å². The van der Waals surface area contributed by atoms with Gasteiger partial charge in [-0.15, -0.1) is 0 Å². The number of rotatable bonds is 2. The van der Waals surface area contributed by atoms with Crippen molar-refractivity contribution in [3.05, 3.63) is 0 Å². The Morgan fingerprint density at radius 1 is 1.18 bits per heavy atom. The molecule has 0 unspecified atom stereocenters. The summed E-state index contributed by atoms with van der Waals surface area (Å²) in [7, 11) is 3.19. The molecule has 4 aliphatic rings. The Morgan fingerprint density at radius 3 is 2.06 bits per heavy atom. The largest absolute Gasteiger partial charge is 0.341 e. The molecule has 1 N–H and O–H groups in total. The van der Waals surface area contributed by atoms with Crippen LogP contribution in [-0.4, -0.2) is 30.8 Å². The standard InChI is InChI=1S/C13H22N2O2/c1-15(17-2)12(16)14-13-6-9-3-10(7-13)5-11(4-9)8-13/h9-11H,3-8H2,1-2H3,(H,14,16). The minimum atomic E-state index is -0.0885. The summed E-state index contributed by atoms with van der Waals surface area (Å²) in [6.45, 7) is 0. The molecule has 0 aromatic carbocycles. The zero-order valence-corrected chi connectivity index (χ0v) is 10.7. The van der Waals surface area contributed by atoms with Crippen molar-refractivity contribution in [2.75, 3.05) is 14.2 Å². The predicted octanol–water partition coefficient (Wildman–Crippen LogP) is 2.16. The van der Waals surface area contributed by atoms with Crippen LogP contribution in [0.15, 0.2) is 0 Å². The molecule has 2 amide bonds. The van der Waals surface area contributed by atoms with Gasteiger partial charge in [0.05, 0.1) is 7.11 Å². The lowest BCUT2D eigenvalue weighted by atomic mass is 9.53. The number of carbonyl (C=O) groups excluding carboxylic acids is 1. The van der Waals surface area contributed by atoms with Crippen molar-refractivity contribution in [1.29, 1.82) is 0 Å². The van der Waals surface area contributed by atoms with E-state index in [9.17, 15) is 4.79 Å². The molecular formula is C13H22N2O2. The van der Waals surface area contributed by atoms with E-state index >= 15 is 0 Å². The molecule has 4 heteroatoms. The van der Waals surface area contributed by atoms with Gasteiger partial charge in [-0.3, -0.25) is 4.84 Å². The lowest BCUT2D eigenvalue weighted by Crippen LogP contribution is -2.61. The average Bonchev–Trinajstić information content (AvgIpc) is 2.25. The fourth-order valence-corrected chi connectivity index (χ4v) is 4.65. The van der Waals surface area contributed by atoms with Crippen LogP contribution < -0.4 is 5.32 Å². The van der Waals surface area contributed by atoms with Crippen molar-refractivity contribution < 1.29 is 9.63 Å². The molecule has 0 atom stereocenters. The third-order valence-electron chi connectivity index (χ3n) is 4.97. The van der Waals surface area contributed by atoms with Crippen molar-refractivity contribution in [2.45, 2.75) is 44.1 Å². The molecule has 0 aliphatic heterocycles. The number of amides is 2. The van der Waals surface area contributed by atoms with Crippen LogP contribution in [0, 0.1) is 17.8 Å². The van der Waals surface area contributed by atoms with E-state index in [1.54, 1.807) is 7.05 Å². The van der Waals surface area contributed by atoms with Gasteiger partial charge >= 0.3 is 6.03 Å². The van der Waals surface area contributed by atoms with Gasteiger partial charge in [0, 0.05) is 12.6 Å². The highest BCUT2D eigenvalue weighted by atomic mass is 16.7. The van der Waals surface area contributed by atoms with Crippen molar-refractivity contribution in [3.63, 3.8) is 0 Å². The molecule has 17 heavy (non-hydrogen) atoms. The maximum absolute atomic E-state index is 11.9. The van der Waals surface area contributed by atoms with Crippen LogP contribution in [0.1, 0.15) is 38.5 Å². The maximum Gasteiger partial charge on any atom is 0.341 e. The molecule has 0 spiro atoms. The molecule has 4 nitrogen and oxygen atoms in total. The second-order valence-corrected chi connectivity index (χ2v) is 6.31. The summed E-state index contributed by atoms with van der Waals surface area (Å²) >= 11 is 0. The van der Waals surface area contributed by atoms with Gasteiger partial charge in [0.2, 0.25) is 0 Å². The predicted molar refractivity (Wildman–Crippen MR) is 64.2 cm³/mol. The lowest BCUT2D eigenvalue weighted by molar-refractivity contribution is -0.0756. The van der Waals surface area contributed by atoms with Crippen LogP contribution in [0.2, 0.25) is 0 Å². The Balaban J connectivity index is 1.72. The topological polar surface area (TPSA) is 41.6 Å². The number of hydrogen-bond acceptors (Lipinski definition) is 2. The molecule has 0 heterocycles. The second-order valence-electron chi connectivity index (χ2n) is 6.31. The van der Waals surface area contributed by atoms with Gasteiger partial charge in [-0.05, 0) is 56.3 Å². The van der Waals surface area contributed by atoms with Crippen molar-refractivity contribution in [1.82, 2.24) is 10.4 Å². The van der Waals surface area contributed by atoms with Crippen LogP contribution in [0.5, 0.6) is 0 Å². The SMILES string of the molecule is CON(C)C(=O)NC12CC3CC(CC(C3)C1)C2. The van der Waals surface area contributed by atoms with E-state index in [4.69, 9.17) is 4.84 Å². The maximum atomic E-state index is 11.9. The Hall–Kier alpha value is -0.770. The first-order valence-corrected chi connectivity index (χ1v) is 6.70. The Bertz CT molecular complexity index is 294. The molecule has 0 saturated heterocycles. The summed E-state index contributed by atoms with van der Waals surface area (Å²) < 4.78 is 0. The van der Waals surface area contributed by atoms with Crippen molar-refractivity contribution in [2.24, 2.45) is 17.8 Å². The highest BCUT2D eigenvalue weighted by Crippen LogP contribution is 2.55. The quantitative estimate of drug-likeness (QED) is 0.749. The number of nitrogens with zero attached hydrogens (tertiary/aromatic N) is 1. The first-order chi connectivity index (χ1) is 8.10.